The van der Waals surface area contributed by atoms with E-state index in [1.54, 1.807) is 0 Å². The van der Waals surface area contributed by atoms with Crippen LogP contribution in [-0.4, -0.2) is 60.5 Å². The van der Waals surface area contributed by atoms with Crippen molar-refractivity contribution in [1.82, 2.24) is 15.3 Å². The van der Waals surface area contributed by atoms with Gasteiger partial charge in [-0.25, -0.2) is 0 Å². The summed E-state index contributed by atoms with van der Waals surface area (Å²) in [6, 6.07) is 2.17. The number of aromatic nitrogens is 2. The lowest BCUT2D eigenvalue weighted by molar-refractivity contribution is 0.114. The monoisotopic (exact) mass is 432 g/mol. The molecule has 0 amide bonds. The van der Waals surface area contributed by atoms with E-state index in [0.717, 1.165) is 69.7 Å². The number of thiocarbonyl (C=S) groups is 1. The fraction of sp³-hybridized carbons (Fsp3) is 0.773. The second-order valence-electron chi connectivity index (χ2n) is 9.24. The minimum Gasteiger partial charge on any atom is -0.376 e. The van der Waals surface area contributed by atoms with Crippen molar-refractivity contribution in [3.8, 4) is 0 Å². The van der Waals surface area contributed by atoms with Crippen molar-refractivity contribution in [2.75, 3.05) is 54.4 Å². The highest BCUT2D eigenvalue weighted by molar-refractivity contribution is 7.80. The van der Waals surface area contributed by atoms with Gasteiger partial charge in [0.05, 0.1) is 6.10 Å². The summed E-state index contributed by atoms with van der Waals surface area (Å²) in [6.45, 7) is 10.4. The summed E-state index contributed by atoms with van der Waals surface area (Å²) in [5, 5.41) is 7.07. The first-order valence-corrected chi connectivity index (χ1v) is 12.0. The van der Waals surface area contributed by atoms with E-state index in [1.165, 1.54) is 25.7 Å². The molecule has 3 fully saturated rings. The normalized spacial score (nSPS) is 25.4. The first-order chi connectivity index (χ1) is 14.6. The van der Waals surface area contributed by atoms with Crippen LogP contribution in [0.25, 0.3) is 0 Å². The van der Waals surface area contributed by atoms with Crippen molar-refractivity contribution in [3.63, 3.8) is 0 Å². The number of rotatable bonds is 5. The molecule has 1 aromatic heterocycles. The Bertz CT molecular complexity index is 718. The first kappa shape index (κ1) is 21.6. The molecule has 0 bridgehead atoms. The molecule has 3 aliphatic heterocycles. The van der Waals surface area contributed by atoms with Gasteiger partial charge in [0.1, 0.15) is 11.6 Å². The average Bonchev–Trinajstić information content (AvgIpc) is 3.26. The number of nitrogens with one attached hydrogen (secondary N) is 2. The molecule has 3 aliphatic rings. The van der Waals surface area contributed by atoms with Gasteiger partial charge >= 0.3 is 0 Å². The molecule has 8 heteroatoms. The van der Waals surface area contributed by atoms with Crippen LogP contribution < -0.4 is 20.4 Å². The minimum atomic E-state index is 0.248. The van der Waals surface area contributed by atoms with Crippen LogP contribution in [0.2, 0.25) is 0 Å². The van der Waals surface area contributed by atoms with E-state index in [0.29, 0.717) is 17.0 Å². The lowest BCUT2D eigenvalue weighted by Gasteiger charge is -2.34. The largest absolute Gasteiger partial charge is 0.376 e. The molecule has 30 heavy (non-hydrogen) atoms. The molecule has 4 heterocycles. The van der Waals surface area contributed by atoms with E-state index in [4.69, 9.17) is 26.9 Å². The molecule has 4 rings (SSSR count). The summed E-state index contributed by atoms with van der Waals surface area (Å²) >= 11 is 5.52. The predicted octanol–water partition coefficient (Wildman–Crippen LogP) is 3.41. The molecule has 2 atom stereocenters. The van der Waals surface area contributed by atoms with E-state index in [-0.39, 0.29) is 6.10 Å². The Labute approximate surface area is 186 Å². The summed E-state index contributed by atoms with van der Waals surface area (Å²) in [5.74, 6) is 4.09. The van der Waals surface area contributed by atoms with Gasteiger partial charge in [0.15, 0.2) is 5.11 Å². The fourth-order valence-electron chi connectivity index (χ4n) is 4.59. The summed E-state index contributed by atoms with van der Waals surface area (Å²) in [5.41, 5.74) is 0. The van der Waals surface area contributed by atoms with Crippen molar-refractivity contribution in [2.24, 2.45) is 11.8 Å². The zero-order valence-corrected chi connectivity index (χ0v) is 19.2. The summed E-state index contributed by atoms with van der Waals surface area (Å²) in [4.78, 5) is 14.5. The highest BCUT2D eigenvalue weighted by Crippen LogP contribution is 2.28. The van der Waals surface area contributed by atoms with Crippen LogP contribution in [0.3, 0.4) is 0 Å². The van der Waals surface area contributed by atoms with Gasteiger partial charge in [-0.1, -0.05) is 13.8 Å². The molecule has 0 unspecified atom stereocenters. The zero-order chi connectivity index (χ0) is 20.9. The van der Waals surface area contributed by atoms with Crippen LogP contribution in [-0.2, 0) is 4.74 Å². The zero-order valence-electron chi connectivity index (χ0n) is 18.4. The van der Waals surface area contributed by atoms with Crippen LogP contribution in [0, 0.1) is 11.8 Å². The molecule has 166 valence electrons. The Morgan fingerprint density at radius 1 is 1.03 bits per heavy atom. The molecule has 1 aromatic rings. The topological polar surface area (TPSA) is 65.5 Å². The molecule has 0 aliphatic carbocycles. The third-order valence-corrected chi connectivity index (χ3v) is 6.77. The molecule has 0 spiro atoms. The number of ether oxygens (including phenoxy) is 1. The van der Waals surface area contributed by atoms with Gasteiger partial charge in [-0.15, -0.1) is 0 Å². The highest BCUT2D eigenvalue weighted by Gasteiger charge is 2.23. The van der Waals surface area contributed by atoms with Crippen molar-refractivity contribution in [3.05, 3.63) is 6.07 Å². The standard InChI is InChI=1S/C22H36N6OS/c1-16-7-10-27(11-8-16)19-13-20(28-9-3-5-17(2)15-28)25-21(24-19)26-22(30)23-14-18-6-4-12-29-18/h13,16-18H,3-12,14-15H2,1-2H3,(H2,23,24,25,26,30)/t17-,18+/m0/s1. The van der Waals surface area contributed by atoms with Crippen LogP contribution >= 0.6 is 12.2 Å². The summed E-state index contributed by atoms with van der Waals surface area (Å²) < 4.78 is 5.67. The maximum Gasteiger partial charge on any atom is 0.232 e. The molecule has 2 N–H and O–H groups in total. The van der Waals surface area contributed by atoms with Crippen LogP contribution in [0.4, 0.5) is 17.6 Å². The Morgan fingerprint density at radius 2 is 1.80 bits per heavy atom. The van der Waals surface area contributed by atoms with Crippen molar-refractivity contribution < 1.29 is 4.74 Å². The molecular weight excluding hydrogens is 396 g/mol. The van der Waals surface area contributed by atoms with Gasteiger partial charge in [0.2, 0.25) is 5.95 Å². The fourth-order valence-corrected chi connectivity index (χ4v) is 4.77. The number of hydrogen-bond donors (Lipinski definition) is 2. The molecule has 7 nitrogen and oxygen atoms in total. The van der Waals surface area contributed by atoms with Crippen LogP contribution in [0.15, 0.2) is 6.07 Å². The molecular formula is C22H36N6OS. The minimum absolute atomic E-state index is 0.248. The van der Waals surface area contributed by atoms with Crippen LogP contribution in [0.5, 0.6) is 0 Å². The second kappa shape index (κ2) is 10.1. The third kappa shape index (κ3) is 5.72. The number of hydrogen-bond acceptors (Lipinski definition) is 6. The SMILES string of the molecule is CC1CCN(c2cc(N3CCC[C@H](C)C3)nc(NC(=S)NC[C@H]3CCCO3)n2)CC1. The van der Waals surface area contributed by atoms with Crippen LogP contribution in [0.1, 0.15) is 52.4 Å². The Kier molecular flexibility index (Phi) is 7.25. The lowest BCUT2D eigenvalue weighted by atomic mass is 9.99. The summed E-state index contributed by atoms with van der Waals surface area (Å²) in [7, 11) is 0. The number of piperidine rings is 2. The molecule has 0 radical (unpaired) electrons. The number of nitrogens with zero attached hydrogens (tertiary/aromatic N) is 4. The first-order valence-electron chi connectivity index (χ1n) is 11.6. The second-order valence-corrected chi connectivity index (χ2v) is 9.65. The molecule has 0 saturated carbocycles. The maximum atomic E-state index is 5.67. The maximum absolute atomic E-state index is 5.67. The van der Waals surface area contributed by atoms with E-state index in [1.807, 2.05) is 0 Å². The van der Waals surface area contributed by atoms with Crippen molar-refractivity contribution in [1.29, 1.82) is 0 Å². The highest BCUT2D eigenvalue weighted by atomic mass is 32.1. The van der Waals surface area contributed by atoms with Gasteiger partial charge in [-0.2, -0.15) is 9.97 Å². The van der Waals surface area contributed by atoms with E-state index >= 15 is 0 Å². The Balaban J connectivity index is 1.48. The van der Waals surface area contributed by atoms with Crippen molar-refractivity contribution >= 4 is 34.9 Å². The van der Waals surface area contributed by atoms with Crippen molar-refractivity contribution in [2.45, 2.75) is 58.5 Å². The lowest BCUT2D eigenvalue weighted by Crippen LogP contribution is -2.38. The smallest absolute Gasteiger partial charge is 0.232 e. The van der Waals surface area contributed by atoms with E-state index < -0.39 is 0 Å². The quantitative estimate of drug-likeness (QED) is 0.686. The molecule has 3 saturated heterocycles. The van der Waals surface area contributed by atoms with Gasteiger partial charge in [0.25, 0.3) is 0 Å². The van der Waals surface area contributed by atoms with Gasteiger partial charge in [-0.3, -0.25) is 0 Å². The Morgan fingerprint density at radius 3 is 2.50 bits per heavy atom. The van der Waals surface area contributed by atoms with Gasteiger partial charge in [0, 0.05) is 45.4 Å². The van der Waals surface area contributed by atoms with E-state index in [2.05, 4.69) is 40.3 Å². The summed E-state index contributed by atoms with van der Waals surface area (Å²) in [6.07, 6.45) is 7.40. The predicted molar refractivity (Wildman–Crippen MR) is 126 cm³/mol. The van der Waals surface area contributed by atoms with Gasteiger partial charge < -0.3 is 25.2 Å². The number of anilines is 3. The molecule has 0 aromatic carbocycles. The van der Waals surface area contributed by atoms with Gasteiger partial charge in [-0.05, 0) is 62.6 Å². The third-order valence-electron chi connectivity index (χ3n) is 6.53. The van der Waals surface area contributed by atoms with E-state index in [9.17, 15) is 0 Å². The Hall–Kier alpha value is -1.67. The average molecular weight is 433 g/mol.